The standard InChI is InChI=1S/C22H23ClN2O2.C2H6.CH3.Y/c1-3-8-19-21(26)20(17-11-6-4-9-15(17)2)22(27)25(24-19)14-13-16-10-5-7-12-18(16)23;1-2;;/h4-7,9-12,26H,3,8,13-14H2,1-2H3;1-2H3;1H3;/q;;-1;. The molecule has 3 aromatic rings. The maximum atomic E-state index is 13.1. The SMILES string of the molecule is CC.CCCc1nn(CCc2ccccc2Cl)c(=O)c(-c2ccccc2C)c1O.[CH3-].[Y]. The van der Waals surface area contributed by atoms with Crippen molar-refractivity contribution in [1.82, 2.24) is 9.78 Å². The van der Waals surface area contributed by atoms with Gasteiger partial charge in [-0.15, -0.1) is 0 Å². The third kappa shape index (κ3) is 7.27. The molecule has 0 aliphatic heterocycles. The first kappa shape index (κ1) is 29.5. The number of benzene rings is 2. The van der Waals surface area contributed by atoms with Gasteiger partial charge in [0.2, 0.25) is 0 Å². The molecule has 1 aromatic heterocycles. The Bertz CT molecular complexity index is 1020. The van der Waals surface area contributed by atoms with E-state index in [0.717, 1.165) is 23.1 Å². The normalized spacial score (nSPS) is 9.71. The van der Waals surface area contributed by atoms with Gasteiger partial charge >= 0.3 is 0 Å². The molecule has 0 spiro atoms. The van der Waals surface area contributed by atoms with Crippen LogP contribution < -0.4 is 5.56 Å². The molecule has 0 amide bonds. The molecule has 0 saturated carbocycles. The van der Waals surface area contributed by atoms with Crippen LogP contribution in [0.25, 0.3) is 11.1 Å². The van der Waals surface area contributed by atoms with E-state index < -0.39 is 0 Å². The van der Waals surface area contributed by atoms with E-state index in [1.165, 1.54) is 4.68 Å². The second-order valence-electron chi connectivity index (χ2n) is 6.60. The summed E-state index contributed by atoms with van der Waals surface area (Å²) in [5.74, 6) is -0.00913. The molecule has 4 nitrogen and oxygen atoms in total. The minimum absolute atomic E-state index is 0. The predicted octanol–water partition coefficient (Wildman–Crippen LogP) is 6.25. The van der Waals surface area contributed by atoms with Gasteiger partial charge in [-0.25, -0.2) is 4.68 Å². The summed E-state index contributed by atoms with van der Waals surface area (Å²) in [6, 6.07) is 15.2. The monoisotopic (exact) mass is 516 g/mol. The molecule has 1 radical (unpaired) electrons. The van der Waals surface area contributed by atoms with Crippen molar-refractivity contribution in [3.05, 3.63) is 88.2 Å². The molecule has 0 aliphatic rings. The van der Waals surface area contributed by atoms with Crippen molar-refractivity contribution in [2.45, 2.75) is 53.5 Å². The fraction of sp³-hybridized carbons (Fsp3) is 0.320. The van der Waals surface area contributed by atoms with E-state index >= 15 is 0 Å². The smallest absolute Gasteiger partial charge is 0.278 e. The van der Waals surface area contributed by atoms with Crippen molar-refractivity contribution in [2.24, 2.45) is 0 Å². The second kappa shape index (κ2) is 14.6. The number of aryl methyl sites for hydroxylation is 4. The van der Waals surface area contributed by atoms with E-state index in [-0.39, 0.29) is 51.4 Å². The minimum atomic E-state index is -0.284. The molecule has 0 saturated heterocycles. The Morgan fingerprint density at radius 2 is 1.65 bits per heavy atom. The number of hydrogen-bond donors (Lipinski definition) is 1. The first-order valence-electron chi connectivity index (χ1n) is 10.1. The molecule has 2 aromatic carbocycles. The van der Waals surface area contributed by atoms with Crippen LogP contribution in [0.4, 0.5) is 0 Å². The maximum Gasteiger partial charge on any atom is 0.278 e. The molecule has 31 heavy (non-hydrogen) atoms. The predicted molar refractivity (Wildman–Crippen MR) is 127 cm³/mol. The zero-order valence-electron chi connectivity index (χ0n) is 19.2. The largest absolute Gasteiger partial charge is 0.505 e. The third-order valence-corrected chi connectivity index (χ3v) is 5.02. The summed E-state index contributed by atoms with van der Waals surface area (Å²) >= 11 is 6.24. The van der Waals surface area contributed by atoms with Crippen LogP contribution in [0.3, 0.4) is 0 Å². The summed E-state index contributed by atoms with van der Waals surface area (Å²) < 4.78 is 1.45. The van der Waals surface area contributed by atoms with Crippen molar-refractivity contribution < 1.29 is 37.8 Å². The average molecular weight is 517 g/mol. The van der Waals surface area contributed by atoms with Crippen molar-refractivity contribution in [1.29, 1.82) is 0 Å². The van der Waals surface area contributed by atoms with Gasteiger partial charge in [0.15, 0.2) is 5.75 Å². The Morgan fingerprint density at radius 1 is 1.03 bits per heavy atom. The van der Waals surface area contributed by atoms with E-state index in [1.54, 1.807) is 0 Å². The molecule has 165 valence electrons. The molecule has 1 N–H and O–H groups in total. The van der Waals surface area contributed by atoms with Gasteiger partial charge in [0.1, 0.15) is 5.69 Å². The molecule has 0 atom stereocenters. The van der Waals surface area contributed by atoms with E-state index in [9.17, 15) is 9.90 Å². The van der Waals surface area contributed by atoms with Crippen molar-refractivity contribution in [3.8, 4) is 16.9 Å². The quantitative estimate of drug-likeness (QED) is 0.394. The van der Waals surface area contributed by atoms with Crippen LogP contribution in [0.1, 0.15) is 44.0 Å². The number of aromatic nitrogens is 2. The van der Waals surface area contributed by atoms with Crippen LogP contribution in [-0.2, 0) is 52.1 Å². The Kier molecular flexibility index (Phi) is 13.9. The number of hydrogen-bond acceptors (Lipinski definition) is 3. The number of halogens is 1. The summed E-state index contributed by atoms with van der Waals surface area (Å²) in [4.78, 5) is 13.1. The van der Waals surface area contributed by atoms with Gasteiger partial charge in [0, 0.05) is 44.3 Å². The van der Waals surface area contributed by atoms with E-state index in [1.807, 2.05) is 76.2 Å². The van der Waals surface area contributed by atoms with Crippen LogP contribution in [0.5, 0.6) is 5.75 Å². The molecule has 1 heterocycles. The van der Waals surface area contributed by atoms with Gasteiger partial charge in [-0.05, 0) is 42.5 Å². The molecule has 0 bridgehead atoms. The molecule has 0 aliphatic carbocycles. The number of aromatic hydroxyl groups is 1. The van der Waals surface area contributed by atoms with Crippen LogP contribution in [-0.4, -0.2) is 14.9 Å². The van der Waals surface area contributed by atoms with Gasteiger partial charge in [-0.1, -0.05) is 81.3 Å². The molecule has 0 unspecified atom stereocenters. The topological polar surface area (TPSA) is 55.1 Å². The molecular weight excluding hydrogens is 485 g/mol. The van der Waals surface area contributed by atoms with E-state index in [0.29, 0.717) is 35.7 Å². The van der Waals surface area contributed by atoms with Crippen molar-refractivity contribution >= 4 is 11.6 Å². The number of nitrogens with zero attached hydrogens (tertiary/aromatic N) is 2. The van der Waals surface area contributed by atoms with Crippen LogP contribution in [0.2, 0.25) is 5.02 Å². The molecule has 0 fully saturated rings. The van der Waals surface area contributed by atoms with Crippen LogP contribution >= 0.6 is 11.6 Å². The average Bonchev–Trinajstić information content (AvgIpc) is 2.73. The Morgan fingerprint density at radius 3 is 2.26 bits per heavy atom. The zero-order chi connectivity index (χ0) is 21.4. The van der Waals surface area contributed by atoms with Crippen LogP contribution in [0, 0.1) is 14.4 Å². The summed E-state index contributed by atoms with van der Waals surface area (Å²) in [5.41, 5.74) is 3.24. The van der Waals surface area contributed by atoms with Gasteiger partial charge in [-0.3, -0.25) is 4.79 Å². The second-order valence-corrected chi connectivity index (χ2v) is 7.01. The summed E-state index contributed by atoms with van der Waals surface area (Å²) in [5, 5.41) is 15.8. The van der Waals surface area contributed by atoms with Gasteiger partial charge in [0.25, 0.3) is 5.56 Å². The van der Waals surface area contributed by atoms with Gasteiger partial charge < -0.3 is 12.5 Å². The first-order chi connectivity index (χ1) is 14.0. The molecule has 6 heteroatoms. The fourth-order valence-electron chi connectivity index (χ4n) is 3.19. The van der Waals surface area contributed by atoms with Gasteiger partial charge in [0.05, 0.1) is 5.56 Å². The maximum absolute atomic E-state index is 13.1. The van der Waals surface area contributed by atoms with Gasteiger partial charge in [-0.2, -0.15) is 5.10 Å². The molecular formula is C25H32ClN2O2Y-. The van der Waals surface area contributed by atoms with E-state index in [4.69, 9.17) is 11.6 Å². The Balaban J connectivity index is 0.00000219. The molecule has 3 rings (SSSR count). The first-order valence-corrected chi connectivity index (χ1v) is 10.5. The fourth-order valence-corrected chi connectivity index (χ4v) is 3.42. The summed E-state index contributed by atoms with van der Waals surface area (Å²) in [6.45, 7) is 8.36. The summed E-state index contributed by atoms with van der Waals surface area (Å²) in [7, 11) is 0. The Labute approximate surface area is 216 Å². The van der Waals surface area contributed by atoms with Crippen molar-refractivity contribution in [2.75, 3.05) is 0 Å². The Hall–Kier alpha value is -1.49. The zero-order valence-corrected chi connectivity index (χ0v) is 22.7. The number of rotatable bonds is 6. The third-order valence-electron chi connectivity index (χ3n) is 4.65. The minimum Gasteiger partial charge on any atom is -0.505 e. The van der Waals surface area contributed by atoms with Crippen LogP contribution in [0.15, 0.2) is 53.3 Å². The summed E-state index contributed by atoms with van der Waals surface area (Å²) in [6.07, 6.45) is 2.03. The van der Waals surface area contributed by atoms with Crippen molar-refractivity contribution in [3.63, 3.8) is 0 Å². The van der Waals surface area contributed by atoms with E-state index in [2.05, 4.69) is 5.10 Å².